The summed E-state index contributed by atoms with van der Waals surface area (Å²) >= 11 is 0. The van der Waals surface area contributed by atoms with E-state index in [1.54, 1.807) is 11.8 Å². The lowest BCUT2D eigenvalue weighted by Crippen LogP contribution is -2.61. The number of carbonyl (C=O) groups is 2. The van der Waals surface area contributed by atoms with Gasteiger partial charge in [0, 0.05) is 26.1 Å². The predicted octanol–water partition coefficient (Wildman–Crippen LogP) is 0.388. The van der Waals surface area contributed by atoms with Crippen LogP contribution in [-0.4, -0.2) is 57.4 Å². The number of hydrogen-bond acceptors (Lipinski definition) is 5. The number of aryl methyl sites for hydroxylation is 1. The van der Waals surface area contributed by atoms with Gasteiger partial charge in [-0.1, -0.05) is 11.7 Å². The van der Waals surface area contributed by atoms with Crippen molar-refractivity contribution in [2.75, 3.05) is 19.6 Å². The molecule has 0 saturated carbocycles. The van der Waals surface area contributed by atoms with E-state index in [2.05, 4.69) is 16.7 Å². The number of aromatic nitrogens is 2. The highest BCUT2D eigenvalue weighted by molar-refractivity contribution is 5.91. The van der Waals surface area contributed by atoms with Crippen LogP contribution in [0.3, 0.4) is 0 Å². The minimum Gasteiger partial charge on any atom is -0.339 e. The van der Waals surface area contributed by atoms with Gasteiger partial charge in [-0.25, -0.2) is 4.39 Å². The van der Waals surface area contributed by atoms with Gasteiger partial charge in [0.15, 0.2) is 11.7 Å². The Morgan fingerprint density at radius 3 is 2.71 bits per heavy atom. The lowest BCUT2D eigenvalue weighted by molar-refractivity contribution is -0.142. The smallest absolute Gasteiger partial charge is 0.282 e. The summed E-state index contributed by atoms with van der Waals surface area (Å²) in [7, 11) is 0. The average Bonchev–Trinajstić information content (AvgIpc) is 2.94. The van der Waals surface area contributed by atoms with E-state index in [4.69, 9.17) is 4.52 Å². The first-order valence-electron chi connectivity index (χ1n) is 6.69. The maximum atomic E-state index is 12.7. The highest BCUT2D eigenvalue weighted by atomic mass is 19.1. The summed E-state index contributed by atoms with van der Waals surface area (Å²) in [5, 5.41) is 3.72. The molecule has 0 bridgehead atoms. The molecular formula is C13H15FN4O3. The highest BCUT2D eigenvalue weighted by Gasteiger charge is 2.43. The molecule has 3 heterocycles. The molecule has 7 nitrogen and oxygen atoms in total. The molecule has 0 aromatic carbocycles. The zero-order chi connectivity index (χ0) is 15.1. The molecule has 112 valence electrons. The van der Waals surface area contributed by atoms with Gasteiger partial charge in [-0.05, 0) is 6.92 Å². The lowest BCUT2D eigenvalue weighted by Gasteiger charge is -2.43. The van der Waals surface area contributed by atoms with Crippen molar-refractivity contribution in [1.29, 1.82) is 0 Å². The molecule has 2 fully saturated rings. The second-order valence-electron chi connectivity index (χ2n) is 5.40. The van der Waals surface area contributed by atoms with Crippen molar-refractivity contribution in [2.45, 2.75) is 25.3 Å². The van der Waals surface area contributed by atoms with Crippen LogP contribution in [0.4, 0.5) is 4.39 Å². The first-order chi connectivity index (χ1) is 9.95. The van der Waals surface area contributed by atoms with Gasteiger partial charge in [0.25, 0.3) is 5.91 Å². The Hall–Kier alpha value is -2.25. The van der Waals surface area contributed by atoms with Gasteiger partial charge in [-0.15, -0.1) is 0 Å². The molecule has 0 N–H and O–H groups in total. The maximum Gasteiger partial charge on any atom is 0.282 e. The van der Waals surface area contributed by atoms with Crippen LogP contribution >= 0.6 is 0 Å². The SMILES string of the molecule is C=C(F)C(=O)N1CC(N2CC(c3nc(C)no3)CC2=O)C1. The first kappa shape index (κ1) is 13.7. The van der Waals surface area contributed by atoms with Gasteiger partial charge in [-0.3, -0.25) is 9.59 Å². The molecule has 8 heteroatoms. The lowest BCUT2D eigenvalue weighted by atomic mass is 10.1. The van der Waals surface area contributed by atoms with E-state index in [-0.39, 0.29) is 17.9 Å². The van der Waals surface area contributed by atoms with E-state index in [9.17, 15) is 14.0 Å². The summed E-state index contributed by atoms with van der Waals surface area (Å²) in [4.78, 5) is 30.6. The Kier molecular flexibility index (Phi) is 3.23. The van der Waals surface area contributed by atoms with Gasteiger partial charge in [0.2, 0.25) is 11.8 Å². The molecule has 1 aromatic heterocycles. The third kappa shape index (κ3) is 2.41. The minimum absolute atomic E-state index is 0.00738. The van der Waals surface area contributed by atoms with E-state index in [1.165, 1.54) is 4.90 Å². The topological polar surface area (TPSA) is 79.5 Å². The van der Waals surface area contributed by atoms with Crippen molar-refractivity contribution >= 4 is 11.8 Å². The number of rotatable bonds is 3. The second-order valence-corrected chi connectivity index (χ2v) is 5.40. The quantitative estimate of drug-likeness (QED) is 0.753. The van der Waals surface area contributed by atoms with Crippen molar-refractivity contribution < 1.29 is 18.5 Å². The first-order valence-corrected chi connectivity index (χ1v) is 6.69. The molecule has 0 radical (unpaired) electrons. The molecule has 2 amide bonds. The number of amides is 2. The Bertz CT molecular complexity index is 608. The van der Waals surface area contributed by atoms with Crippen molar-refractivity contribution in [3.8, 4) is 0 Å². The van der Waals surface area contributed by atoms with Gasteiger partial charge < -0.3 is 14.3 Å². The fraction of sp³-hybridized carbons (Fsp3) is 0.538. The zero-order valence-electron chi connectivity index (χ0n) is 11.6. The van der Waals surface area contributed by atoms with Crippen LogP contribution in [0.5, 0.6) is 0 Å². The number of nitrogens with zero attached hydrogens (tertiary/aromatic N) is 4. The Morgan fingerprint density at radius 2 is 2.14 bits per heavy atom. The van der Waals surface area contributed by atoms with Crippen LogP contribution < -0.4 is 0 Å². The monoisotopic (exact) mass is 294 g/mol. The van der Waals surface area contributed by atoms with E-state index in [0.717, 1.165) is 0 Å². The fourth-order valence-electron chi connectivity index (χ4n) is 2.72. The number of carbonyl (C=O) groups excluding carboxylic acids is 2. The van der Waals surface area contributed by atoms with E-state index in [1.807, 2.05) is 0 Å². The molecular weight excluding hydrogens is 279 g/mol. The van der Waals surface area contributed by atoms with Crippen molar-refractivity contribution in [3.05, 3.63) is 24.1 Å². The molecule has 1 unspecified atom stereocenters. The largest absolute Gasteiger partial charge is 0.339 e. The molecule has 0 aliphatic carbocycles. The second kappa shape index (κ2) is 4.94. The Morgan fingerprint density at radius 1 is 1.43 bits per heavy atom. The summed E-state index contributed by atoms with van der Waals surface area (Å²) in [6, 6.07) is -0.0742. The maximum absolute atomic E-state index is 12.7. The number of likely N-dealkylation sites (tertiary alicyclic amines) is 2. The summed E-state index contributed by atoms with van der Waals surface area (Å²) in [5.74, 6) is -0.792. The average molecular weight is 294 g/mol. The number of hydrogen-bond donors (Lipinski definition) is 0. The van der Waals surface area contributed by atoms with Crippen LogP contribution in [0, 0.1) is 6.92 Å². The third-order valence-electron chi connectivity index (χ3n) is 3.87. The summed E-state index contributed by atoms with van der Waals surface area (Å²) in [5.41, 5.74) is 0. The number of halogens is 1. The van der Waals surface area contributed by atoms with Gasteiger partial charge in [0.05, 0.1) is 12.0 Å². The molecule has 3 rings (SSSR count). The molecule has 2 aliphatic heterocycles. The third-order valence-corrected chi connectivity index (χ3v) is 3.87. The molecule has 1 aromatic rings. The minimum atomic E-state index is -0.972. The van der Waals surface area contributed by atoms with Crippen LogP contribution in [-0.2, 0) is 9.59 Å². The molecule has 2 aliphatic rings. The van der Waals surface area contributed by atoms with Crippen LogP contribution in [0.25, 0.3) is 0 Å². The van der Waals surface area contributed by atoms with Gasteiger partial charge in [-0.2, -0.15) is 4.98 Å². The summed E-state index contributed by atoms with van der Waals surface area (Å²) in [6.07, 6.45) is 0.321. The van der Waals surface area contributed by atoms with Crippen LogP contribution in [0.15, 0.2) is 16.9 Å². The van der Waals surface area contributed by atoms with Crippen LogP contribution in [0.2, 0.25) is 0 Å². The van der Waals surface area contributed by atoms with E-state index in [0.29, 0.717) is 37.8 Å². The standard InChI is InChI=1S/C13H15FN4O3/c1-7(14)13(20)17-5-10(6-17)18-4-9(3-11(18)19)12-15-8(2)16-21-12/h9-10H,1,3-6H2,2H3. The predicted molar refractivity (Wildman–Crippen MR) is 68.7 cm³/mol. The van der Waals surface area contributed by atoms with Gasteiger partial charge in [0.1, 0.15) is 0 Å². The summed E-state index contributed by atoms with van der Waals surface area (Å²) in [6.45, 7) is 5.87. The highest BCUT2D eigenvalue weighted by Crippen LogP contribution is 2.31. The Labute approximate surface area is 120 Å². The molecule has 2 saturated heterocycles. The van der Waals surface area contributed by atoms with Crippen molar-refractivity contribution in [3.63, 3.8) is 0 Å². The molecule has 21 heavy (non-hydrogen) atoms. The molecule has 1 atom stereocenters. The van der Waals surface area contributed by atoms with E-state index < -0.39 is 11.7 Å². The van der Waals surface area contributed by atoms with Crippen molar-refractivity contribution in [2.24, 2.45) is 0 Å². The normalized spacial score (nSPS) is 22.6. The zero-order valence-corrected chi connectivity index (χ0v) is 11.6. The van der Waals surface area contributed by atoms with E-state index >= 15 is 0 Å². The Balaban J connectivity index is 1.60. The fourth-order valence-corrected chi connectivity index (χ4v) is 2.72. The van der Waals surface area contributed by atoms with Crippen molar-refractivity contribution in [1.82, 2.24) is 19.9 Å². The van der Waals surface area contributed by atoms with Crippen LogP contribution in [0.1, 0.15) is 24.1 Å². The summed E-state index contributed by atoms with van der Waals surface area (Å²) < 4.78 is 17.8. The molecule has 0 spiro atoms. The van der Waals surface area contributed by atoms with Gasteiger partial charge >= 0.3 is 0 Å².